The first-order valence-electron chi connectivity index (χ1n) is 5.00. The number of methoxy groups -OCH3 is 1. The highest BCUT2D eigenvalue weighted by Gasteiger charge is 2.04. The van der Waals surface area contributed by atoms with Gasteiger partial charge in [0.25, 0.3) is 0 Å². The van der Waals surface area contributed by atoms with Crippen molar-refractivity contribution in [3.8, 4) is 5.75 Å². The van der Waals surface area contributed by atoms with E-state index >= 15 is 0 Å². The Hall–Kier alpha value is -1.02. The first kappa shape index (κ1) is 11.1. The van der Waals surface area contributed by atoms with Crippen LogP contribution in [0.5, 0.6) is 5.75 Å². The van der Waals surface area contributed by atoms with E-state index in [0.717, 1.165) is 18.6 Å². The normalized spacial score (nSPS) is 12.5. The number of hydrogen-bond donors (Lipinski definition) is 1. The molecule has 14 heavy (non-hydrogen) atoms. The summed E-state index contributed by atoms with van der Waals surface area (Å²) in [5.41, 5.74) is 1.22. The summed E-state index contributed by atoms with van der Waals surface area (Å²) in [7, 11) is 1.69. The zero-order valence-electron chi connectivity index (χ0n) is 8.86. The fourth-order valence-corrected chi connectivity index (χ4v) is 1.40. The highest BCUT2D eigenvalue weighted by molar-refractivity contribution is 5.33. The van der Waals surface area contributed by atoms with E-state index in [4.69, 9.17) is 9.84 Å². The van der Waals surface area contributed by atoms with Crippen molar-refractivity contribution in [2.75, 3.05) is 13.7 Å². The number of aryl methyl sites for hydroxylation is 1. The number of ether oxygens (including phenoxy) is 1. The van der Waals surface area contributed by atoms with E-state index in [-0.39, 0.29) is 6.61 Å². The smallest absolute Gasteiger partial charge is 0.122 e. The van der Waals surface area contributed by atoms with Crippen molar-refractivity contribution in [3.05, 3.63) is 29.8 Å². The van der Waals surface area contributed by atoms with Gasteiger partial charge in [0.1, 0.15) is 5.75 Å². The van der Waals surface area contributed by atoms with Crippen LogP contribution in [0.25, 0.3) is 0 Å². The molecule has 0 heterocycles. The molecule has 0 aliphatic rings. The average Bonchev–Trinajstić information content (AvgIpc) is 2.26. The third-order valence-corrected chi connectivity index (χ3v) is 2.41. The van der Waals surface area contributed by atoms with Crippen LogP contribution >= 0.6 is 0 Å². The third-order valence-electron chi connectivity index (χ3n) is 2.41. The van der Waals surface area contributed by atoms with Crippen molar-refractivity contribution in [1.82, 2.24) is 0 Å². The largest absolute Gasteiger partial charge is 0.496 e. The Morgan fingerprint density at radius 2 is 2.07 bits per heavy atom. The summed E-state index contributed by atoms with van der Waals surface area (Å²) in [6.45, 7) is 2.31. The van der Waals surface area contributed by atoms with Crippen molar-refractivity contribution in [1.29, 1.82) is 0 Å². The molecule has 0 unspecified atom stereocenters. The highest BCUT2D eigenvalue weighted by Crippen LogP contribution is 2.20. The molecule has 0 spiro atoms. The second kappa shape index (κ2) is 5.66. The van der Waals surface area contributed by atoms with Gasteiger partial charge in [-0.05, 0) is 30.4 Å². The van der Waals surface area contributed by atoms with E-state index in [1.54, 1.807) is 7.11 Å². The Balaban J connectivity index is 2.57. The van der Waals surface area contributed by atoms with Crippen LogP contribution in [0.15, 0.2) is 24.3 Å². The van der Waals surface area contributed by atoms with Gasteiger partial charge in [-0.25, -0.2) is 0 Å². The minimum atomic E-state index is 0.259. The number of benzene rings is 1. The zero-order chi connectivity index (χ0) is 10.4. The minimum absolute atomic E-state index is 0.259. The van der Waals surface area contributed by atoms with Gasteiger partial charge in [0.05, 0.1) is 7.11 Å². The predicted octanol–water partition coefficient (Wildman–Crippen LogP) is 2.26. The molecule has 2 nitrogen and oxygen atoms in total. The summed E-state index contributed by atoms with van der Waals surface area (Å²) >= 11 is 0. The van der Waals surface area contributed by atoms with Crippen LogP contribution in [-0.2, 0) is 6.42 Å². The molecule has 0 amide bonds. The zero-order valence-corrected chi connectivity index (χ0v) is 8.86. The second-order valence-electron chi connectivity index (χ2n) is 3.64. The van der Waals surface area contributed by atoms with Gasteiger partial charge >= 0.3 is 0 Å². The van der Waals surface area contributed by atoms with Gasteiger partial charge in [-0.1, -0.05) is 25.1 Å². The van der Waals surface area contributed by atoms with Crippen molar-refractivity contribution >= 4 is 0 Å². The lowest BCUT2D eigenvalue weighted by Gasteiger charge is -2.10. The molecule has 0 aromatic heterocycles. The molecule has 0 aliphatic carbocycles. The van der Waals surface area contributed by atoms with Crippen molar-refractivity contribution in [2.24, 2.45) is 5.92 Å². The SMILES string of the molecule is COc1ccccc1CC[C@@H](C)CO. The maximum atomic E-state index is 8.91. The molecule has 1 atom stereocenters. The standard InChI is InChI=1S/C12H18O2/c1-10(9-13)7-8-11-5-3-4-6-12(11)14-2/h3-6,10,13H,7-9H2,1-2H3/t10-/m1/s1. The molecule has 2 heteroatoms. The second-order valence-corrected chi connectivity index (χ2v) is 3.64. The number of aliphatic hydroxyl groups excluding tert-OH is 1. The Morgan fingerprint density at radius 3 is 2.71 bits per heavy atom. The Morgan fingerprint density at radius 1 is 1.36 bits per heavy atom. The number of rotatable bonds is 5. The van der Waals surface area contributed by atoms with E-state index in [1.165, 1.54) is 5.56 Å². The van der Waals surface area contributed by atoms with Crippen LogP contribution in [0.3, 0.4) is 0 Å². The van der Waals surface area contributed by atoms with Gasteiger partial charge in [-0.3, -0.25) is 0 Å². The lowest BCUT2D eigenvalue weighted by molar-refractivity contribution is 0.230. The summed E-state index contributed by atoms with van der Waals surface area (Å²) in [5.74, 6) is 1.30. The van der Waals surface area contributed by atoms with Gasteiger partial charge in [0, 0.05) is 6.61 Å². The summed E-state index contributed by atoms with van der Waals surface area (Å²) in [5, 5.41) is 8.91. The average molecular weight is 194 g/mol. The van der Waals surface area contributed by atoms with E-state index in [9.17, 15) is 0 Å². The summed E-state index contributed by atoms with van der Waals surface area (Å²) in [6, 6.07) is 8.03. The van der Waals surface area contributed by atoms with Crippen LogP contribution < -0.4 is 4.74 Å². The maximum Gasteiger partial charge on any atom is 0.122 e. The van der Waals surface area contributed by atoms with Crippen LogP contribution in [0, 0.1) is 5.92 Å². The van der Waals surface area contributed by atoms with Gasteiger partial charge in [-0.2, -0.15) is 0 Å². The quantitative estimate of drug-likeness (QED) is 0.779. The summed E-state index contributed by atoms with van der Waals surface area (Å²) < 4.78 is 5.25. The summed E-state index contributed by atoms with van der Waals surface area (Å²) in [4.78, 5) is 0. The van der Waals surface area contributed by atoms with Gasteiger partial charge in [0.2, 0.25) is 0 Å². The molecule has 0 radical (unpaired) electrons. The van der Waals surface area contributed by atoms with Gasteiger partial charge < -0.3 is 9.84 Å². The van der Waals surface area contributed by atoms with E-state index in [1.807, 2.05) is 18.2 Å². The summed E-state index contributed by atoms with van der Waals surface area (Å²) in [6.07, 6.45) is 1.96. The van der Waals surface area contributed by atoms with E-state index < -0.39 is 0 Å². The van der Waals surface area contributed by atoms with Gasteiger partial charge in [-0.15, -0.1) is 0 Å². The molecule has 0 saturated heterocycles. The van der Waals surface area contributed by atoms with Gasteiger partial charge in [0.15, 0.2) is 0 Å². The third kappa shape index (κ3) is 3.04. The van der Waals surface area contributed by atoms with Crippen LogP contribution in [0.1, 0.15) is 18.9 Å². The number of aliphatic hydroxyl groups is 1. The Kier molecular flexibility index (Phi) is 4.47. The highest BCUT2D eigenvalue weighted by atomic mass is 16.5. The molecular formula is C12H18O2. The number of hydrogen-bond acceptors (Lipinski definition) is 2. The Labute approximate surface area is 85.5 Å². The molecule has 0 aliphatic heterocycles. The fourth-order valence-electron chi connectivity index (χ4n) is 1.40. The van der Waals surface area contributed by atoms with Crippen molar-refractivity contribution in [2.45, 2.75) is 19.8 Å². The molecule has 1 rings (SSSR count). The lowest BCUT2D eigenvalue weighted by atomic mass is 10.0. The van der Waals surface area contributed by atoms with E-state index in [2.05, 4.69) is 13.0 Å². The predicted molar refractivity (Wildman–Crippen MR) is 57.6 cm³/mol. The molecule has 0 saturated carbocycles. The number of para-hydroxylation sites is 1. The van der Waals surface area contributed by atoms with E-state index in [0.29, 0.717) is 5.92 Å². The fraction of sp³-hybridized carbons (Fsp3) is 0.500. The molecule has 0 bridgehead atoms. The molecular weight excluding hydrogens is 176 g/mol. The topological polar surface area (TPSA) is 29.5 Å². The Bertz CT molecular complexity index is 271. The molecule has 78 valence electrons. The molecule has 1 aromatic carbocycles. The van der Waals surface area contributed by atoms with Crippen LogP contribution in [-0.4, -0.2) is 18.8 Å². The maximum absolute atomic E-state index is 8.91. The first-order chi connectivity index (χ1) is 6.77. The van der Waals surface area contributed by atoms with Crippen LogP contribution in [0.4, 0.5) is 0 Å². The first-order valence-corrected chi connectivity index (χ1v) is 5.00. The molecule has 0 fully saturated rings. The molecule has 1 N–H and O–H groups in total. The molecule has 1 aromatic rings. The minimum Gasteiger partial charge on any atom is -0.496 e. The monoisotopic (exact) mass is 194 g/mol. The van der Waals surface area contributed by atoms with Crippen LogP contribution in [0.2, 0.25) is 0 Å². The lowest BCUT2D eigenvalue weighted by Crippen LogP contribution is -2.03. The van der Waals surface area contributed by atoms with Crippen molar-refractivity contribution < 1.29 is 9.84 Å². The van der Waals surface area contributed by atoms with Crippen molar-refractivity contribution in [3.63, 3.8) is 0 Å².